The number of fused-ring (bicyclic) bond motifs is 1. The Morgan fingerprint density at radius 1 is 1.41 bits per heavy atom. The molecule has 0 aliphatic heterocycles. The minimum absolute atomic E-state index is 0.225. The predicted molar refractivity (Wildman–Crippen MR) is 69.1 cm³/mol. The van der Waals surface area contributed by atoms with E-state index in [9.17, 15) is 0 Å². The Hall–Kier alpha value is -1.35. The van der Waals surface area contributed by atoms with Crippen molar-refractivity contribution < 1.29 is 0 Å². The summed E-state index contributed by atoms with van der Waals surface area (Å²) in [6.45, 7) is 2.12. The van der Waals surface area contributed by atoms with Crippen molar-refractivity contribution in [1.82, 2.24) is 9.38 Å². The van der Waals surface area contributed by atoms with Crippen LogP contribution < -0.4 is 5.73 Å². The minimum Gasteiger partial charge on any atom is -0.327 e. The maximum atomic E-state index is 5.97. The summed E-state index contributed by atoms with van der Waals surface area (Å²) in [6, 6.07) is 4.56. The van der Waals surface area contributed by atoms with Crippen LogP contribution in [-0.4, -0.2) is 15.4 Å². The van der Waals surface area contributed by atoms with Gasteiger partial charge in [-0.15, -0.1) is 0 Å². The molecule has 2 aromatic rings. The highest BCUT2D eigenvalue weighted by Gasteiger charge is 2.23. The molecular weight excluding hydrogens is 210 g/mol. The first-order valence-electron chi connectivity index (χ1n) is 6.49. The molecule has 0 aromatic carbocycles. The van der Waals surface area contributed by atoms with Gasteiger partial charge in [0, 0.05) is 24.9 Å². The highest BCUT2D eigenvalue weighted by Crippen LogP contribution is 2.39. The van der Waals surface area contributed by atoms with Crippen molar-refractivity contribution in [3.63, 3.8) is 0 Å². The van der Waals surface area contributed by atoms with Gasteiger partial charge in [0.05, 0.1) is 5.69 Å². The number of nitrogens with two attached hydrogens (primary N) is 1. The fourth-order valence-electron chi connectivity index (χ4n) is 2.23. The van der Waals surface area contributed by atoms with Gasteiger partial charge in [-0.3, -0.25) is 0 Å². The van der Waals surface area contributed by atoms with E-state index in [2.05, 4.69) is 40.8 Å². The third-order valence-corrected chi connectivity index (χ3v) is 3.57. The molecule has 3 rings (SSSR count). The number of imidazole rings is 1. The molecule has 3 nitrogen and oxygen atoms in total. The number of nitrogens with zero attached hydrogens (tertiary/aromatic N) is 2. The van der Waals surface area contributed by atoms with Crippen molar-refractivity contribution >= 4 is 5.65 Å². The van der Waals surface area contributed by atoms with E-state index in [0.29, 0.717) is 0 Å². The van der Waals surface area contributed by atoms with Gasteiger partial charge in [0.2, 0.25) is 0 Å². The molecule has 0 spiro atoms. The second-order valence-electron chi connectivity index (χ2n) is 5.11. The molecule has 2 heterocycles. The Morgan fingerprint density at radius 2 is 2.24 bits per heavy atom. The lowest BCUT2D eigenvalue weighted by Gasteiger charge is -2.04. The van der Waals surface area contributed by atoms with Crippen molar-refractivity contribution in [1.29, 1.82) is 0 Å². The topological polar surface area (TPSA) is 43.3 Å². The van der Waals surface area contributed by atoms with Gasteiger partial charge in [-0.1, -0.05) is 13.0 Å². The third-order valence-electron chi connectivity index (χ3n) is 3.57. The summed E-state index contributed by atoms with van der Waals surface area (Å²) in [6.07, 6.45) is 8.90. The van der Waals surface area contributed by atoms with E-state index in [1.54, 1.807) is 0 Å². The van der Waals surface area contributed by atoms with Crippen molar-refractivity contribution in [2.75, 3.05) is 0 Å². The summed E-state index contributed by atoms with van der Waals surface area (Å²) < 4.78 is 2.14. The van der Waals surface area contributed by atoms with Crippen LogP contribution in [-0.2, 0) is 6.42 Å². The number of hydrogen-bond acceptors (Lipinski definition) is 2. The highest BCUT2D eigenvalue weighted by atomic mass is 15.0. The van der Waals surface area contributed by atoms with E-state index < -0.39 is 0 Å². The summed E-state index contributed by atoms with van der Waals surface area (Å²) in [5.74, 6) is 0.795. The van der Waals surface area contributed by atoms with Crippen molar-refractivity contribution in [3.8, 4) is 0 Å². The molecule has 1 atom stereocenters. The van der Waals surface area contributed by atoms with Gasteiger partial charge >= 0.3 is 0 Å². The Morgan fingerprint density at radius 3 is 2.94 bits per heavy atom. The molecule has 17 heavy (non-hydrogen) atoms. The molecule has 1 fully saturated rings. The molecule has 0 saturated heterocycles. The minimum atomic E-state index is 0.225. The molecule has 0 radical (unpaired) electrons. The Labute approximate surface area is 102 Å². The lowest BCUT2D eigenvalue weighted by molar-refractivity contribution is 0.639. The van der Waals surface area contributed by atoms with Crippen LogP contribution in [0.3, 0.4) is 0 Å². The van der Waals surface area contributed by atoms with E-state index in [4.69, 9.17) is 5.73 Å². The lowest BCUT2D eigenvalue weighted by atomic mass is 10.1. The van der Waals surface area contributed by atoms with Crippen LogP contribution in [0, 0.1) is 0 Å². The SMILES string of the molecule is CCC(N)Cc1cn2cc(C3CC3)ccc2n1. The molecule has 0 bridgehead atoms. The van der Waals surface area contributed by atoms with Crippen LogP contribution in [0.4, 0.5) is 0 Å². The first kappa shape index (κ1) is 10.8. The molecular formula is C14H19N3. The molecule has 2 N–H and O–H groups in total. The number of aromatic nitrogens is 2. The molecule has 3 heteroatoms. The van der Waals surface area contributed by atoms with Crippen LogP contribution in [0.25, 0.3) is 5.65 Å². The van der Waals surface area contributed by atoms with Crippen LogP contribution in [0.5, 0.6) is 0 Å². The quantitative estimate of drug-likeness (QED) is 0.875. The van der Waals surface area contributed by atoms with E-state index in [1.165, 1.54) is 18.4 Å². The zero-order valence-electron chi connectivity index (χ0n) is 10.3. The van der Waals surface area contributed by atoms with Crippen molar-refractivity contribution in [3.05, 3.63) is 35.8 Å². The van der Waals surface area contributed by atoms with Gasteiger partial charge in [-0.05, 0) is 36.8 Å². The summed E-state index contributed by atoms with van der Waals surface area (Å²) in [7, 11) is 0. The normalized spacial score (nSPS) is 17.5. The largest absolute Gasteiger partial charge is 0.327 e. The fourth-order valence-corrected chi connectivity index (χ4v) is 2.23. The van der Waals surface area contributed by atoms with Gasteiger partial charge in [-0.2, -0.15) is 0 Å². The predicted octanol–water partition coefficient (Wildman–Crippen LogP) is 2.49. The molecule has 90 valence electrons. The first-order valence-corrected chi connectivity index (χ1v) is 6.49. The monoisotopic (exact) mass is 229 g/mol. The smallest absolute Gasteiger partial charge is 0.136 e. The lowest BCUT2D eigenvalue weighted by Crippen LogP contribution is -2.21. The van der Waals surface area contributed by atoms with Crippen LogP contribution in [0.2, 0.25) is 0 Å². The maximum Gasteiger partial charge on any atom is 0.136 e. The second kappa shape index (κ2) is 4.15. The summed E-state index contributed by atoms with van der Waals surface area (Å²) in [5.41, 5.74) is 9.55. The molecule has 2 aromatic heterocycles. The highest BCUT2D eigenvalue weighted by molar-refractivity contribution is 5.42. The Bertz CT molecular complexity index is 525. The standard InChI is InChI=1S/C14H19N3/c1-2-12(15)7-13-9-17-8-11(10-3-4-10)5-6-14(17)16-13/h5-6,8-10,12H,2-4,7,15H2,1H3. The maximum absolute atomic E-state index is 5.97. The second-order valence-corrected chi connectivity index (χ2v) is 5.11. The molecule has 1 aliphatic rings. The number of pyridine rings is 1. The zero-order valence-corrected chi connectivity index (χ0v) is 10.3. The molecule has 1 aliphatic carbocycles. The van der Waals surface area contributed by atoms with Crippen molar-refractivity contribution in [2.24, 2.45) is 5.73 Å². The summed E-state index contributed by atoms with van der Waals surface area (Å²) >= 11 is 0. The van der Waals surface area contributed by atoms with Crippen LogP contribution >= 0.6 is 0 Å². The zero-order chi connectivity index (χ0) is 11.8. The fraction of sp³-hybridized carbons (Fsp3) is 0.500. The van der Waals surface area contributed by atoms with E-state index in [-0.39, 0.29) is 6.04 Å². The number of rotatable bonds is 4. The Balaban J connectivity index is 1.89. The van der Waals surface area contributed by atoms with Gasteiger partial charge in [-0.25, -0.2) is 4.98 Å². The van der Waals surface area contributed by atoms with E-state index in [1.807, 2.05) is 0 Å². The third kappa shape index (κ3) is 2.20. The first-order chi connectivity index (χ1) is 8.26. The van der Waals surface area contributed by atoms with Gasteiger partial charge < -0.3 is 10.1 Å². The average molecular weight is 229 g/mol. The summed E-state index contributed by atoms with van der Waals surface area (Å²) in [5, 5.41) is 0. The van der Waals surface area contributed by atoms with E-state index >= 15 is 0 Å². The van der Waals surface area contributed by atoms with Gasteiger partial charge in [0.15, 0.2) is 0 Å². The van der Waals surface area contributed by atoms with E-state index in [0.717, 1.165) is 30.1 Å². The van der Waals surface area contributed by atoms with Crippen LogP contribution in [0.15, 0.2) is 24.5 Å². The van der Waals surface area contributed by atoms with Crippen molar-refractivity contribution in [2.45, 2.75) is 44.6 Å². The van der Waals surface area contributed by atoms with Gasteiger partial charge in [0.1, 0.15) is 5.65 Å². The summed E-state index contributed by atoms with van der Waals surface area (Å²) in [4.78, 5) is 4.60. The van der Waals surface area contributed by atoms with Gasteiger partial charge in [0.25, 0.3) is 0 Å². The molecule has 0 amide bonds. The average Bonchev–Trinajstić information content (AvgIpc) is 3.09. The Kier molecular flexibility index (Phi) is 2.63. The molecule has 1 unspecified atom stereocenters. The van der Waals surface area contributed by atoms with Crippen LogP contribution in [0.1, 0.15) is 43.4 Å². The molecule has 1 saturated carbocycles. The number of hydrogen-bond donors (Lipinski definition) is 1.